The maximum absolute atomic E-state index is 5.92. The molecule has 0 saturated heterocycles. The minimum absolute atomic E-state index is 0.186. The lowest BCUT2D eigenvalue weighted by molar-refractivity contribution is 0.529. The van der Waals surface area contributed by atoms with Crippen molar-refractivity contribution in [2.24, 2.45) is 0 Å². The highest BCUT2D eigenvalue weighted by molar-refractivity contribution is 6.28. The van der Waals surface area contributed by atoms with Gasteiger partial charge in [-0.2, -0.15) is 9.97 Å². The first-order chi connectivity index (χ1) is 9.15. The Balaban J connectivity index is 1.99. The summed E-state index contributed by atoms with van der Waals surface area (Å²) in [7, 11) is 1.94. The fraction of sp³-hybridized carbons (Fsp3) is 0.250. The highest BCUT2D eigenvalue weighted by Gasteiger charge is 2.14. The van der Waals surface area contributed by atoms with E-state index in [1.54, 1.807) is 12.6 Å². The minimum atomic E-state index is 0.186. The maximum Gasteiger partial charge on any atom is 0.226 e. The number of rotatable bonds is 3. The number of nitrogens with zero attached hydrogens (tertiary/aromatic N) is 4. The van der Waals surface area contributed by atoms with Crippen LogP contribution in [0.4, 0.5) is 5.82 Å². The van der Waals surface area contributed by atoms with Gasteiger partial charge >= 0.3 is 0 Å². The van der Waals surface area contributed by atoms with Crippen LogP contribution in [0.2, 0.25) is 5.28 Å². The second kappa shape index (κ2) is 4.55. The van der Waals surface area contributed by atoms with Crippen LogP contribution in [0.5, 0.6) is 0 Å². The number of furan rings is 1. The van der Waals surface area contributed by atoms with E-state index in [4.69, 9.17) is 16.0 Å². The van der Waals surface area contributed by atoms with Gasteiger partial charge in [0.05, 0.1) is 12.6 Å². The molecule has 3 aromatic heterocycles. The molecule has 0 saturated carbocycles. The number of imidazole rings is 1. The second-order valence-electron chi connectivity index (χ2n) is 4.28. The van der Waals surface area contributed by atoms with E-state index >= 15 is 0 Å². The third-order valence-electron chi connectivity index (χ3n) is 2.97. The number of hydrogen-bond acceptors (Lipinski definition) is 5. The van der Waals surface area contributed by atoms with Gasteiger partial charge in [-0.05, 0) is 24.6 Å². The van der Waals surface area contributed by atoms with E-state index < -0.39 is 0 Å². The first-order valence-corrected chi connectivity index (χ1v) is 6.13. The largest absolute Gasteiger partial charge is 0.469 e. The summed E-state index contributed by atoms with van der Waals surface area (Å²) in [6.07, 6.45) is 3.26. The summed E-state index contributed by atoms with van der Waals surface area (Å²) in [4.78, 5) is 17.4. The highest BCUT2D eigenvalue weighted by Crippen LogP contribution is 2.23. The van der Waals surface area contributed by atoms with E-state index in [1.165, 1.54) is 0 Å². The standard InChI is InChI=1S/C12H12ClN5O/c1-7-8(3-4-19-7)5-18(2)11-9-10(15-6-14-9)16-12(13)17-11/h3-4,6H,5H2,1-2H3,(H,14,15,16,17). The molecular weight excluding hydrogens is 266 g/mol. The monoisotopic (exact) mass is 277 g/mol. The topological polar surface area (TPSA) is 70.8 Å². The maximum atomic E-state index is 5.92. The summed E-state index contributed by atoms with van der Waals surface area (Å²) >= 11 is 5.92. The third-order valence-corrected chi connectivity index (χ3v) is 3.14. The van der Waals surface area contributed by atoms with Crippen LogP contribution < -0.4 is 4.90 Å². The van der Waals surface area contributed by atoms with Gasteiger partial charge in [-0.1, -0.05) is 0 Å². The van der Waals surface area contributed by atoms with Crippen LogP contribution in [0, 0.1) is 6.92 Å². The lowest BCUT2D eigenvalue weighted by Gasteiger charge is -2.18. The average molecular weight is 278 g/mol. The zero-order chi connectivity index (χ0) is 13.4. The number of anilines is 1. The van der Waals surface area contributed by atoms with Crippen LogP contribution in [0.25, 0.3) is 11.2 Å². The Kier molecular flexibility index (Phi) is 2.87. The zero-order valence-corrected chi connectivity index (χ0v) is 11.3. The third kappa shape index (κ3) is 2.15. The van der Waals surface area contributed by atoms with Crippen molar-refractivity contribution in [1.29, 1.82) is 0 Å². The lowest BCUT2D eigenvalue weighted by Crippen LogP contribution is -2.18. The molecule has 0 unspecified atom stereocenters. The molecule has 1 N–H and O–H groups in total. The van der Waals surface area contributed by atoms with Gasteiger partial charge in [0.1, 0.15) is 11.3 Å². The molecule has 7 heteroatoms. The van der Waals surface area contributed by atoms with E-state index in [2.05, 4.69) is 19.9 Å². The molecule has 0 spiro atoms. The normalized spacial score (nSPS) is 11.1. The Morgan fingerprint density at radius 1 is 1.42 bits per heavy atom. The van der Waals surface area contributed by atoms with Crippen LogP contribution in [0.1, 0.15) is 11.3 Å². The molecule has 0 amide bonds. The minimum Gasteiger partial charge on any atom is -0.469 e. The van der Waals surface area contributed by atoms with Crippen LogP contribution >= 0.6 is 11.6 Å². The van der Waals surface area contributed by atoms with Gasteiger partial charge in [-0.15, -0.1) is 0 Å². The van der Waals surface area contributed by atoms with Gasteiger partial charge in [0, 0.05) is 19.2 Å². The van der Waals surface area contributed by atoms with Gasteiger partial charge in [-0.25, -0.2) is 4.98 Å². The molecule has 3 rings (SSSR count). The van der Waals surface area contributed by atoms with E-state index in [0.29, 0.717) is 18.0 Å². The molecule has 0 aromatic carbocycles. The lowest BCUT2D eigenvalue weighted by atomic mass is 10.2. The number of aromatic amines is 1. The molecule has 6 nitrogen and oxygen atoms in total. The molecular formula is C12H12ClN5O. The van der Waals surface area contributed by atoms with Gasteiger partial charge in [0.15, 0.2) is 11.5 Å². The molecule has 3 heterocycles. The van der Waals surface area contributed by atoms with Crippen molar-refractivity contribution in [3.05, 3.63) is 35.3 Å². The summed E-state index contributed by atoms with van der Waals surface area (Å²) in [5.74, 6) is 1.61. The van der Waals surface area contributed by atoms with Crippen LogP contribution in [-0.4, -0.2) is 27.0 Å². The number of nitrogens with one attached hydrogen (secondary N) is 1. The van der Waals surface area contributed by atoms with Gasteiger partial charge in [-0.3, -0.25) is 0 Å². The summed E-state index contributed by atoms with van der Waals surface area (Å²) in [5, 5.41) is 0.186. The fourth-order valence-electron chi connectivity index (χ4n) is 1.97. The van der Waals surface area contributed by atoms with Crippen molar-refractivity contribution >= 4 is 28.6 Å². The van der Waals surface area contributed by atoms with Crippen LogP contribution in [-0.2, 0) is 6.54 Å². The predicted octanol–water partition coefficient (Wildman–Crippen LogP) is 2.54. The van der Waals surface area contributed by atoms with Gasteiger partial charge in [0.25, 0.3) is 0 Å². The fourth-order valence-corrected chi connectivity index (χ4v) is 2.13. The number of H-pyrrole nitrogens is 1. The Morgan fingerprint density at radius 2 is 2.26 bits per heavy atom. The number of fused-ring (bicyclic) bond motifs is 1. The van der Waals surface area contributed by atoms with Crippen molar-refractivity contribution in [2.75, 3.05) is 11.9 Å². The first kappa shape index (κ1) is 12.0. The average Bonchev–Trinajstić information content (AvgIpc) is 2.98. The van der Waals surface area contributed by atoms with Crippen molar-refractivity contribution < 1.29 is 4.42 Å². The first-order valence-electron chi connectivity index (χ1n) is 5.76. The molecule has 98 valence electrons. The molecule has 0 atom stereocenters. The summed E-state index contributed by atoms with van der Waals surface area (Å²) < 4.78 is 5.29. The van der Waals surface area contributed by atoms with E-state index in [0.717, 1.165) is 16.8 Å². The number of aryl methyl sites for hydroxylation is 1. The molecule has 0 aliphatic rings. The molecule has 19 heavy (non-hydrogen) atoms. The predicted molar refractivity (Wildman–Crippen MR) is 72.2 cm³/mol. The molecule has 0 bridgehead atoms. The Hall–Kier alpha value is -2.08. The van der Waals surface area contributed by atoms with Crippen molar-refractivity contribution in [3.8, 4) is 0 Å². The number of hydrogen-bond donors (Lipinski definition) is 1. The Labute approximate surface area is 114 Å². The van der Waals surface area contributed by atoms with Gasteiger partial charge < -0.3 is 14.3 Å². The molecule has 0 aliphatic carbocycles. The van der Waals surface area contributed by atoms with Crippen molar-refractivity contribution in [1.82, 2.24) is 19.9 Å². The Bertz CT molecular complexity index is 720. The van der Waals surface area contributed by atoms with E-state index in [9.17, 15) is 0 Å². The van der Waals surface area contributed by atoms with Crippen molar-refractivity contribution in [3.63, 3.8) is 0 Å². The SMILES string of the molecule is Cc1occc1CN(C)c1nc(Cl)nc2nc[nH]c12. The molecule has 0 aliphatic heterocycles. The highest BCUT2D eigenvalue weighted by atomic mass is 35.5. The van der Waals surface area contributed by atoms with Crippen LogP contribution in [0.15, 0.2) is 23.1 Å². The van der Waals surface area contributed by atoms with E-state index in [-0.39, 0.29) is 5.28 Å². The van der Waals surface area contributed by atoms with Gasteiger partial charge in [0.2, 0.25) is 5.28 Å². The second-order valence-corrected chi connectivity index (χ2v) is 4.61. The zero-order valence-electron chi connectivity index (χ0n) is 10.5. The number of halogens is 1. The molecule has 3 aromatic rings. The summed E-state index contributed by atoms with van der Waals surface area (Å²) in [6.45, 7) is 2.60. The number of aromatic nitrogens is 4. The Morgan fingerprint density at radius 3 is 3.00 bits per heavy atom. The van der Waals surface area contributed by atoms with Crippen LogP contribution in [0.3, 0.4) is 0 Å². The van der Waals surface area contributed by atoms with Crippen molar-refractivity contribution in [2.45, 2.75) is 13.5 Å². The smallest absolute Gasteiger partial charge is 0.226 e. The molecule has 0 fully saturated rings. The summed E-state index contributed by atoms with van der Waals surface area (Å²) in [6, 6.07) is 1.94. The molecule has 0 radical (unpaired) electrons. The summed E-state index contributed by atoms with van der Waals surface area (Å²) in [5.41, 5.74) is 2.43. The van der Waals surface area contributed by atoms with E-state index in [1.807, 2.05) is 24.9 Å². The quantitative estimate of drug-likeness (QED) is 0.745.